The number of rotatable bonds is 14. The lowest BCUT2D eigenvalue weighted by atomic mass is 10.00. The second-order valence-electron chi connectivity index (χ2n) is 9.56. The van der Waals surface area contributed by atoms with E-state index in [1.165, 1.54) is 17.7 Å². The molecule has 0 aliphatic carbocycles. The van der Waals surface area contributed by atoms with Crippen molar-refractivity contribution in [2.24, 2.45) is 0 Å². The fourth-order valence-electron chi connectivity index (χ4n) is 4.57. The van der Waals surface area contributed by atoms with Gasteiger partial charge in [-0.2, -0.15) is 0 Å². The molecule has 194 valence electrons. The minimum Gasteiger partial charge on any atom is -0.354 e. The van der Waals surface area contributed by atoms with Crippen LogP contribution in [0.1, 0.15) is 42.4 Å². The number of nitrogens with zero attached hydrogens (tertiary/aromatic N) is 1. The summed E-state index contributed by atoms with van der Waals surface area (Å²) in [5.41, 5.74) is 3.41. The second kappa shape index (κ2) is 14.0. The maximum absolute atomic E-state index is 13.2. The van der Waals surface area contributed by atoms with Gasteiger partial charge in [-0.1, -0.05) is 85.6 Å². The third kappa shape index (κ3) is 8.19. The van der Waals surface area contributed by atoms with Crippen molar-refractivity contribution in [1.29, 1.82) is 0 Å². The fraction of sp³-hybridized carbons (Fsp3) is 0.355. The van der Waals surface area contributed by atoms with Crippen LogP contribution in [0.2, 0.25) is 0 Å². The number of carbonyl (C=O) groups excluding carboxylic acids is 2. The first-order valence-electron chi connectivity index (χ1n) is 13.1. The van der Waals surface area contributed by atoms with Crippen molar-refractivity contribution in [3.63, 3.8) is 0 Å². The summed E-state index contributed by atoms with van der Waals surface area (Å²) in [7, 11) is 0. The molecule has 1 aliphatic heterocycles. The molecule has 0 saturated carbocycles. The molecule has 0 bridgehead atoms. The number of thioether (sulfide) groups is 1. The maximum Gasteiger partial charge on any atom is 0.243 e. The SMILES string of the molecule is O=C(NCCCCCCc1ccc(F)cc1)C(Cc1ccccc1)N1CC(SCc2ccccc2)C1=O. The van der Waals surface area contributed by atoms with E-state index < -0.39 is 6.04 Å². The van der Waals surface area contributed by atoms with E-state index in [1.54, 1.807) is 16.7 Å². The molecule has 3 aromatic rings. The van der Waals surface area contributed by atoms with Gasteiger partial charge in [0.05, 0.1) is 0 Å². The van der Waals surface area contributed by atoms with E-state index in [9.17, 15) is 14.0 Å². The quantitative estimate of drug-likeness (QED) is 0.217. The van der Waals surface area contributed by atoms with Crippen molar-refractivity contribution < 1.29 is 14.0 Å². The molecule has 2 unspecified atom stereocenters. The zero-order chi connectivity index (χ0) is 25.9. The summed E-state index contributed by atoms with van der Waals surface area (Å²) in [6.45, 7) is 1.21. The van der Waals surface area contributed by atoms with Crippen molar-refractivity contribution >= 4 is 23.6 Å². The third-order valence-electron chi connectivity index (χ3n) is 6.77. The smallest absolute Gasteiger partial charge is 0.243 e. The molecule has 0 radical (unpaired) electrons. The van der Waals surface area contributed by atoms with Gasteiger partial charge in [-0.25, -0.2) is 4.39 Å². The number of benzene rings is 3. The highest BCUT2D eigenvalue weighted by molar-refractivity contribution is 8.00. The van der Waals surface area contributed by atoms with Crippen LogP contribution in [-0.4, -0.2) is 41.1 Å². The van der Waals surface area contributed by atoms with Gasteiger partial charge < -0.3 is 10.2 Å². The number of amides is 2. The molecule has 3 aromatic carbocycles. The number of halogens is 1. The highest BCUT2D eigenvalue weighted by Crippen LogP contribution is 2.29. The predicted octanol–water partition coefficient (Wildman–Crippen LogP) is 5.80. The predicted molar refractivity (Wildman–Crippen MR) is 149 cm³/mol. The Balaban J connectivity index is 1.22. The summed E-state index contributed by atoms with van der Waals surface area (Å²) < 4.78 is 13.0. The number of unbranched alkanes of at least 4 members (excludes halogenated alkanes) is 3. The highest BCUT2D eigenvalue weighted by atomic mass is 32.2. The minimum atomic E-state index is -0.484. The molecule has 1 fully saturated rings. The minimum absolute atomic E-state index is 0.0535. The van der Waals surface area contributed by atoms with Gasteiger partial charge in [0.25, 0.3) is 0 Å². The van der Waals surface area contributed by atoms with Crippen molar-refractivity contribution in [2.75, 3.05) is 13.1 Å². The summed E-state index contributed by atoms with van der Waals surface area (Å²) in [6, 6.07) is 26.3. The zero-order valence-corrected chi connectivity index (χ0v) is 22.0. The van der Waals surface area contributed by atoms with Gasteiger partial charge in [-0.05, 0) is 48.1 Å². The van der Waals surface area contributed by atoms with Gasteiger partial charge in [0, 0.05) is 25.3 Å². The molecule has 4 nitrogen and oxygen atoms in total. The summed E-state index contributed by atoms with van der Waals surface area (Å²) >= 11 is 1.65. The number of hydrogen-bond acceptors (Lipinski definition) is 3. The Labute approximate surface area is 223 Å². The molecular weight excluding hydrogens is 483 g/mol. The molecule has 1 heterocycles. The Morgan fingerprint density at radius 1 is 0.865 bits per heavy atom. The highest BCUT2D eigenvalue weighted by Gasteiger charge is 2.43. The van der Waals surface area contributed by atoms with Gasteiger partial charge >= 0.3 is 0 Å². The molecule has 0 spiro atoms. The number of hydrogen-bond donors (Lipinski definition) is 1. The number of β-lactam (4-membered cyclic amide) rings is 1. The van der Waals surface area contributed by atoms with Crippen molar-refractivity contribution in [1.82, 2.24) is 10.2 Å². The molecule has 4 rings (SSSR count). The first kappa shape index (κ1) is 26.9. The fourth-order valence-corrected chi connectivity index (χ4v) is 5.70. The summed E-state index contributed by atoms with van der Waals surface area (Å²) in [5, 5.41) is 2.99. The van der Waals surface area contributed by atoms with E-state index in [1.807, 2.05) is 60.7 Å². The summed E-state index contributed by atoms with van der Waals surface area (Å²) in [5.74, 6) is 0.571. The van der Waals surface area contributed by atoms with E-state index >= 15 is 0 Å². The van der Waals surface area contributed by atoms with Gasteiger partial charge in [0.2, 0.25) is 11.8 Å². The summed E-state index contributed by atoms with van der Waals surface area (Å²) in [4.78, 5) is 27.9. The second-order valence-corrected chi connectivity index (χ2v) is 10.8. The molecule has 0 aromatic heterocycles. The first-order valence-corrected chi connectivity index (χ1v) is 14.2. The van der Waals surface area contributed by atoms with E-state index in [4.69, 9.17) is 0 Å². The van der Waals surface area contributed by atoms with Crippen LogP contribution in [0.25, 0.3) is 0 Å². The van der Waals surface area contributed by atoms with Crippen molar-refractivity contribution in [3.8, 4) is 0 Å². The Hall–Kier alpha value is -3.12. The Morgan fingerprint density at radius 2 is 1.51 bits per heavy atom. The molecule has 1 N–H and O–H groups in total. The van der Waals surface area contributed by atoms with E-state index in [2.05, 4.69) is 17.4 Å². The van der Waals surface area contributed by atoms with E-state index in [0.717, 1.165) is 49.0 Å². The third-order valence-corrected chi connectivity index (χ3v) is 8.02. The van der Waals surface area contributed by atoms with Crippen LogP contribution in [-0.2, 0) is 28.2 Å². The van der Waals surface area contributed by atoms with Crippen LogP contribution in [0.4, 0.5) is 4.39 Å². The lowest BCUT2D eigenvalue weighted by molar-refractivity contribution is -0.147. The van der Waals surface area contributed by atoms with Gasteiger partial charge in [0.15, 0.2) is 0 Å². The van der Waals surface area contributed by atoms with Crippen molar-refractivity contribution in [3.05, 3.63) is 107 Å². The molecule has 1 aliphatic rings. The monoisotopic (exact) mass is 518 g/mol. The molecule has 37 heavy (non-hydrogen) atoms. The summed E-state index contributed by atoms with van der Waals surface area (Å²) in [6.07, 6.45) is 5.48. The molecule has 1 saturated heterocycles. The molecule has 6 heteroatoms. The Kier molecular flexibility index (Phi) is 10.2. The van der Waals surface area contributed by atoms with Crippen LogP contribution < -0.4 is 5.32 Å². The standard InChI is InChI=1S/C31H35FN2O2S/c32-27-18-16-24(17-19-27)11-5-1-2-10-20-33-30(35)28(21-25-12-6-3-7-13-25)34-22-29(31(34)36)37-23-26-14-8-4-9-15-26/h3-4,6-9,12-19,28-29H,1-2,5,10-11,20-23H2,(H,33,35). The van der Waals surface area contributed by atoms with Gasteiger partial charge in [-0.3, -0.25) is 9.59 Å². The number of aryl methyl sites for hydroxylation is 1. The number of nitrogens with one attached hydrogen (secondary N) is 1. The molecular formula is C31H35FN2O2S. The lowest BCUT2D eigenvalue weighted by Crippen LogP contribution is -2.63. The molecule has 2 amide bonds. The molecule has 2 atom stereocenters. The van der Waals surface area contributed by atoms with E-state index in [-0.39, 0.29) is 22.9 Å². The topological polar surface area (TPSA) is 49.4 Å². The zero-order valence-electron chi connectivity index (χ0n) is 21.2. The van der Waals surface area contributed by atoms with Gasteiger partial charge in [-0.15, -0.1) is 11.8 Å². The maximum atomic E-state index is 13.2. The average Bonchev–Trinajstić information content (AvgIpc) is 2.93. The normalized spacial score (nSPS) is 15.8. The van der Waals surface area contributed by atoms with Crippen LogP contribution in [0.5, 0.6) is 0 Å². The van der Waals surface area contributed by atoms with Crippen molar-refractivity contribution in [2.45, 2.75) is 55.6 Å². The van der Waals surface area contributed by atoms with Crippen LogP contribution in [0.3, 0.4) is 0 Å². The number of likely N-dealkylation sites (tertiary alicyclic amines) is 1. The Bertz CT molecular complexity index is 1120. The first-order chi connectivity index (χ1) is 18.1. The largest absolute Gasteiger partial charge is 0.354 e. The lowest BCUT2D eigenvalue weighted by Gasteiger charge is -2.42. The average molecular weight is 519 g/mol. The van der Waals surface area contributed by atoms with Crippen LogP contribution in [0, 0.1) is 5.82 Å². The van der Waals surface area contributed by atoms with Crippen LogP contribution in [0.15, 0.2) is 84.9 Å². The van der Waals surface area contributed by atoms with E-state index in [0.29, 0.717) is 19.5 Å². The van der Waals surface area contributed by atoms with Crippen LogP contribution >= 0.6 is 11.8 Å². The Morgan fingerprint density at radius 3 is 2.19 bits per heavy atom. The van der Waals surface area contributed by atoms with Gasteiger partial charge in [0.1, 0.15) is 17.1 Å². The number of carbonyl (C=O) groups is 2.